The highest BCUT2D eigenvalue weighted by atomic mass is 32.2. The number of amides is 2. The SMILES string of the molecule is CC(C)NS(=O)(=O)c1ccc(C(=O)NCC(=O)Nc2ccc3c(c2)OCO3)cc1. The first-order valence-electron chi connectivity index (χ1n) is 8.85. The number of nitrogens with one attached hydrogen (secondary N) is 3. The lowest BCUT2D eigenvalue weighted by Gasteiger charge is -2.10. The van der Waals surface area contributed by atoms with Gasteiger partial charge in [0.2, 0.25) is 22.7 Å². The minimum Gasteiger partial charge on any atom is -0.454 e. The average molecular weight is 419 g/mol. The summed E-state index contributed by atoms with van der Waals surface area (Å²) in [4.78, 5) is 24.3. The normalized spacial score (nSPS) is 12.7. The van der Waals surface area contributed by atoms with Crippen molar-refractivity contribution in [1.82, 2.24) is 10.0 Å². The zero-order valence-electron chi connectivity index (χ0n) is 15.9. The fourth-order valence-corrected chi connectivity index (χ4v) is 3.86. The van der Waals surface area contributed by atoms with Crippen molar-refractivity contribution in [3.8, 4) is 11.5 Å². The predicted octanol–water partition coefficient (Wildman–Crippen LogP) is 1.47. The number of rotatable bonds is 7. The van der Waals surface area contributed by atoms with Crippen LogP contribution in [0.4, 0.5) is 5.69 Å². The zero-order valence-corrected chi connectivity index (χ0v) is 16.7. The number of sulfonamides is 1. The van der Waals surface area contributed by atoms with Crippen molar-refractivity contribution in [2.45, 2.75) is 24.8 Å². The van der Waals surface area contributed by atoms with E-state index in [0.717, 1.165) is 0 Å². The Kier molecular flexibility index (Phi) is 6.04. The second-order valence-electron chi connectivity index (χ2n) is 6.60. The Balaban J connectivity index is 1.54. The lowest BCUT2D eigenvalue weighted by atomic mass is 10.2. The maximum absolute atomic E-state index is 12.2. The molecular formula is C19H21N3O6S. The molecule has 1 aliphatic heterocycles. The molecule has 2 aromatic rings. The van der Waals surface area contributed by atoms with Gasteiger partial charge in [-0.05, 0) is 50.2 Å². The van der Waals surface area contributed by atoms with Gasteiger partial charge in [0.1, 0.15) is 0 Å². The van der Waals surface area contributed by atoms with E-state index in [4.69, 9.17) is 9.47 Å². The van der Waals surface area contributed by atoms with Crippen LogP contribution in [0.3, 0.4) is 0 Å². The summed E-state index contributed by atoms with van der Waals surface area (Å²) in [6.45, 7) is 3.32. The first-order chi connectivity index (χ1) is 13.7. The molecule has 0 saturated carbocycles. The van der Waals surface area contributed by atoms with Crippen molar-refractivity contribution in [3.05, 3.63) is 48.0 Å². The molecule has 0 bridgehead atoms. The van der Waals surface area contributed by atoms with Crippen LogP contribution in [0.1, 0.15) is 24.2 Å². The van der Waals surface area contributed by atoms with Gasteiger partial charge in [0.05, 0.1) is 11.4 Å². The first kappa shape index (κ1) is 20.6. The van der Waals surface area contributed by atoms with Crippen LogP contribution in [0, 0.1) is 0 Å². The highest BCUT2D eigenvalue weighted by Gasteiger charge is 2.17. The van der Waals surface area contributed by atoms with Crippen LogP contribution in [0.5, 0.6) is 11.5 Å². The average Bonchev–Trinajstić information content (AvgIpc) is 3.13. The lowest BCUT2D eigenvalue weighted by molar-refractivity contribution is -0.115. The minimum atomic E-state index is -3.63. The second kappa shape index (κ2) is 8.50. The van der Waals surface area contributed by atoms with E-state index >= 15 is 0 Å². The summed E-state index contributed by atoms with van der Waals surface area (Å²) in [5.74, 6) is 0.225. The largest absolute Gasteiger partial charge is 0.454 e. The van der Waals surface area contributed by atoms with Gasteiger partial charge in [-0.1, -0.05) is 0 Å². The van der Waals surface area contributed by atoms with Crippen molar-refractivity contribution in [3.63, 3.8) is 0 Å². The third kappa shape index (κ3) is 5.24. The smallest absolute Gasteiger partial charge is 0.251 e. The molecule has 3 rings (SSSR count). The number of ether oxygens (including phenoxy) is 2. The zero-order chi connectivity index (χ0) is 21.0. The maximum atomic E-state index is 12.2. The topological polar surface area (TPSA) is 123 Å². The van der Waals surface area contributed by atoms with E-state index in [1.807, 2.05) is 0 Å². The fraction of sp³-hybridized carbons (Fsp3) is 0.263. The van der Waals surface area contributed by atoms with E-state index in [0.29, 0.717) is 17.2 Å². The van der Waals surface area contributed by atoms with Crippen LogP contribution < -0.4 is 24.8 Å². The van der Waals surface area contributed by atoms with Gasteiger partial charge in [-0.25, -0.2) is 13.1 Å². The Morgan fingerprint density at radius 3 is 2.41 bits per heavy atom. The standard InChI is InChI=1S/C19H21N3O6S/c1-12(2)22-29(25,26)15-6-3-13(4-7-15)19(24)20-10-18(23)21-14-5-8-16-17(9-14)28-11-27-16/h3-9,12,22H,10-11H2,1-2H3,(H,20,24)(H,21,23). The molecule has 3 N–H and O–H groups in total. The Morgan fingerprint density at radius 1 is 1.03 bits per heavy atom. The third-order valence-corrected chi connectivity index (χ3v) is 5.56. The van der Waals surface area contributed by atoms with Gasteiger partial charge in [0.25, 0.3) is 5.91 Å². The van der Waals surface area contributed by atoms with Crippen molar-refractivity contribution in [2.24, 2.45) is 0 Å². The molecule has 1 heterocycles. The van der Waals surface area contributed by atoms with Crippen LogP contribution in [0.25, 0.3) is 0 Å². The van der Waals surface area contributed by atoms with Crippen molar-refractivity contribution in [2.75, 3.05) is 18.7 Å². The lowest BCUT2D eigenvalue weighted by Crippen LogP contribution is -2.33. The number of fused-ring (bicyclic) bond motifs is 1. The Labute approximate surface area is 168 Å². The second-order valence-corrected chi connectivity index (χ2v) is 8.31. The van der Waals surface area contributed by atoms with Gasteiger partial charge >= 0.3 is 0 Å². The number of anilines is 1. The summed E-state index contributed by atoms with van der Waals surface area (Å²) in [6.07, 6.45) is 0. The molecule has 0 spiro atoms. The van der Waals surface area contributed by atoms with Gasteiger partial charge in [-0.3, -0.25) is 9.59 Å². The van der Waals surface area contributed by atoms with Crippen LogP contribution in [-0.4, -0.2) is 39.6 Å². The van der Waals surface area contributed by atoms with E-state index in [1.165, 1.54) is 24.3 Å². The first-order valence-corrected chi connectivity index (χ1v) is 10.3. The molecular weight excluding hydrogens is 398 g/mol. The summed E-state index contributed by atoms with van der Waals surface area (Å²) < 4.78 is 37.1. The molecule has 9 nitrogen and oxygen atoms in total. The summed E-state index contributed by atoms with van der Waals surface area (Å²) >= 11 is 0. The molecule has 0 aliphatic carbocycles. The van der Waals surface area contributed by atoms with Gasteiger partial charge in [-0.2, -0.15) is 0 Å². The van der Waals surface area contributed by atoms with Gasteiger partial charge in [0, 0.05) is 23.4 Å². The molecule has 29 heavy (non-hydrogen) atoms. The van der Waals surface area contributed by atoms with Crippen LogP contribution in [-0.2, 0) is 14.8 Å². The number of carbonyl (C=O) groups excluding carboxylic acids is 2. The van der Waals surface area contributed by atoms with E-state index in [-0.39, 0.29) is 29.8 Å². The molecule has 2 aromatic carbocycles. The summed E-state index contributed by atoms with van der Waals surface area (Å²) in [7, 11) is -3.63. The van der Waals surface area contributed by atoms with Crippen molar-refractivity contribution >= 4 is 27.5 Å². The quantitative estimate of drug-likeness (QED) is 0.625. The molecule has 0 aromatic heterocycles. The third-order valence-electron chi connectivity index (χ3n) is 3.88. The molecule has 2 amide bonds. The molecule has 0 fully saturated rings. The number of benzene rings is 2. The molecule has 0 atom stereocenters. The van der Waals surface area contributed by atoms with E-state index in [1.54, 1.807) is 32.0 Å². The van der Waals surface area contributed by atoms with E-state index < -0.39 is 21.8 Å². The van der Waals surface area contributed by atoms with Crippen LogP contribution >= 0.6 is 0 Å². The fourth-order valence-electron chi connectivity index (χ4n) is 2.61. The van der Waals surface area contributed by atoms with Gasteiger partial charge in [-0.15, -0.1) is 0 Å². The summed E-state index contributed by atoms with van der Waals surface area (Å²) in [6, 6.07) is 10.2. The monoisotopic (exact) mass is 419 g/mol. The van der Waals surface area contributed by atoms with Gasteiger partial charge in [0.15, 0.2) is 11.5 Å². The molecule has 1 aliphatic rings. The van der Waals surface area contributed by atoms with Gasteiger partial charge < -0.3 is 20.1 Å². The minimum absolute atomic E-state index is 0.0586. The molecule has 0 radical (unpaired) electrons. The molecule has 0 unspecified atom stereocenters. The summed E-state index contributed by atoms with van der Waals surface area (Å²) in [5.41, 5.74) is 0.755. The highest BCUT2D eigenvalue weighted by molar-refractivity contribution is 7.89. The van der Waals surface area contributed by atoms with E-state index in [2.05, 4.69) is 15.4 Å². The predicted molar refractivity (Wildman–Crippen MR) is 105 cm³/mol. The number of hydrogen-bond acceptors (Lipinski definition) is 6. The molecule has 154 valence electrons. The van der Waals surface area contributed by atoms with Crippen molar-refractivity contribution in [1.29, 1.82) is 0 Å². The number of carbonyl (C=O) groups is 2. The Morgan fingerprint density at radius 2 is 1.72 bits per heavy atom. The molecule has 10 heteroatoms. The summed E-state index contributed by atoms with van der Waals surface area (Å²) in [5, 5.41) is 5.14. The van der Waals surface area contributed by atoms with Crippen LogP contribution in [0.2, 0.25) is 0 Å². The highest BCUT2D eigenvalue weighted by Crippen LogP contribution is 2.34. The Hall–Kier alpha value is -3.11. The number of hydrogen-bond donors (Lipinski definition) is 3. The van der Waals surface area contributed by atoms with Crippen molar-refractivity contribution < 1.29 is 27.5 Å². The maximum Gasteiger partial charge on any atom is 0.251 e. The molecule has 0 saturated heterocycles. The Bertz CT molecular complexity index is 1020. The van der Waals surface area contributed by atoms with E-state index in [9.17, 15) is 18.0 Å². The van der Waals surface area contributed by atoms with Crippen LogP contribution in [0.15, 0.2) is 47.4 Å².